The number of aliphatic carboxylic acids is 2. The Morgan fingerprint density at radius 3 is 1.55 bits per heavy atom. The average molecular weight is 215 g/mol. The minimum Gasteiger partial charge on any atom is -0.480 e. The fraction of sp³-hybridized carbons (Fsp3) is 0.500. The molecular weight excluding hydrogens is 206 g/mol. The molecule has 0 spiro atoms. The third-order valence-electron chi connectivity index (χ3n) is 0.552. The maximum absolute atomic E-state index is 9.73. The second kappa shape index (κ2) is 9.38. The molecule has 0 rings (SSSR count). The molecule has 5 N–H and O–H groups in total. The third-order valence-corrected chi connectivity index (χ3v) is 0.552. The van der Waals surface area contributed by atoms with Crippen molar-refractivity contribution in [3.05, 3.63) is 0 Å². The van der Waals surface area contributed by atoms with Crippen LogP contribution in [0.4, 0.5) is 0 Å². The molecule has 71 valence electrons. The van der Waals surface area contributed by atoms with E-state index in [1.54, 1.807) is 0 Å². The predicted molar refractivity (Wildman–Crippen MR) is 31.8 cm³/mol. The Morgan fingerprint density at radius 2 is 1.36 bits per heavy atom. The number of rotatable bonds is 4. The maximum Gasteiger partial charge on any atom is 0.317 e. The van der Waals surface area contributed by atoms with Gasteiger partial charge < -0.3 is 15.7 Å². The van der Waals surface area contributed by atoms with Crippen LogP contribution in [-0.2, 0) is 26.7 Å². The van der Waals surface area contributed by atoms with Gasteiger partial charge in [0.2, 0.25) is 0 Å². The van der Waals surface area contributed by atoms with Crippen molar-refractivity contribution in [2.45, 2.75) is 0 Å². The van der Waals surface area contributed by atoms with Crippen LogP contribution in [0, 0.1) is 0 Å². The van der Waals surface area contributed by atoms with E-state index < -0.39 is 11.9 Å². The second-order valence-electron chi connectivity index (χ2n) is 1.39. The van der Waals surface area contributed by atoms with Gasteiger partial charge >= 0.3 is 11.9 Å². The fourth-order valence-electron chi connectivity index (χ4n) is 0.276. The number of carboxylic acids is 2. The SMILES string of the molecule is O.O=C(O)CNCC(=O)O.[Cu]. The zero-order valence-corrected chi connectivity index (χ0v) is 6.37. The molecule has 0 saturated heterocycles. The van der Waals surface area contributed by atoms with Gasteiger partial charge in [-0.15, -0.1) is 0 Å². The first-order valence-electron chi connectivity index (χ1n) is 2.27. The molecule has 1 radical (unpaired) electrons. The van der Waals surface area contributed by atoms with Crippen molar-refractivity contribution in [1.29, 1.82) is 0 Å². The van der Waals surface area contributed by atoms with Gasteiger partial charge in [0.15, 0.2) is 0 Å². The average Bonchev–Trinajstić information content (AvgIpc) is 1.63. The Morgan fingerprint density at radius 1 is 1.09 bits per heavy atom. The van der Waals surface area contributed by atoms with E-state index in [2.05, 4.69) is 5.32 Å². The van der Waals surface area contributed by atoms with Crippen LogP contribution in [0.1, 0.15) is 0 Å². The molecular formula is C4H9CuNO5. The summed E-state index contributed by atoms with van der Waals surface area (Å²) < 4.78 is 0. The summed E-state index contributed by atoms with van der Waals surface area (Å²) in [6.07, 6.45) is 0. The van der Waals surface area contributed by atoms with E-state index in [-0.39, 0.29) is 35.6 Å². The Labute approximate surface area is 73.4 Å². The molecule has 0 aromatic carbocycles. The number of nitrogens with one attached hydrogen (secondary N) is 1. The van der Waals surface area contributed by atoms with Crippen molar-refractivity contribution in [3.8, 4) is 0 Å². The van der Waals surface area contributed by atoms with Gasteiger partial charge in [-0.05, 0) is 0 Å². The van der Waals surface area contributed by atoms with Crippen LogP contribution < -0.4 is 5.32 Å². The van der Waals surface area contributed by atoms with Crippen molar-refractivity contribution in [1.82, 2.24) is 5.32 Å². The predicted octanol–water partition coefficient (Wildman–Crippen LogP) is -2.08. The summed E-state index contributed by atoms with van der Waals surface area (Å²) >= 11 is 0. The van der Waals surface area contributed by atoms with Crippen molar-refractivity contribution in [2.75, 3.05) is 13.1 Å². The Bertz CT molecular complexity index is 114. The second-order valence-corrected chi connectivity index (χ2v) is 1.39. The van der Waals surface area contributed by atoms with E-state index >= 15 is 0 Å². The van der Waals surface area contributed by atoms with Crippen LogP contribution in [0.3, 0.4) is 0 Å². The normalized spacial score (nSPS) is 7.27. The molecule has 0 heterocycles. The van der Waals surface area contributed by atoms with Gasteiger partial charge in [0.1, 0.15) is 0 Å². The zero-order chi connectivity index (χ0) is 7.28. The summed E-state index contributed by atoms with van der Waals surface area (Å²) in [5.41, 5.74) is 0. The van der Waals surface area contributed by atoms with E-state index in [1.807, 2.05) is 0 Å². The molecule has 0 unspecified atom stereocenters. The molecule has 7 heteroatoms. The standard InChI is InChI=1S/C4H7NO4.Cu.H2O/c6-3(7)1-5-2-4(8)9;;/h5H,1-2H2,(H,6,7)(H,8,9);;1H2. The van der Waals surface area contributed by atoms with Crippen LogP contribution >= 0.6 is 0 Å². The van der Waals surface area contributed by atoms with Crippen LogP contribution in [-0.4, -0.2) is 40.7 Å². The first-order valence-corrected chi connectivity index (χ1v) is 2.27. The molecule has 11 heavy (non-hydrogen) atoms. The van der Waals surface area contributed by atoms with Gasteiger partial charge in [0, 0.05) is 17.1 Å². The molecule has 0 amide bonds. The minimum absolute atomic E-state index is 0. The van der Waals surface area contributed by atoms with E-state index in [0.29, 0.717) is 0 Å². The smallest absolute Gasteiger partial charge is 0.317 e. The number of hydrogen-bond donors (Lipinski definition) is 3. The van der Waals surface area contributed by atoms with E-state index in [9.17, 15) is 9.59 Å². The Hall–Kier alpha value is -0.621. The number of carbonyl (C=O) groups is 2. The first kappa shape index (κ1) is 16.8. The quantitative estimate of drug-likeness (QED) is 0.464. The minimum atomic E-state index is -1.06. The Kier molecular flexibility index (Phi) is 14.3. The monoisotopic (exact) mass is 214 g/mol. The van der Waals surface area contributed by atoms with Crippen LogP contribution in [0.15, 0.2) is 0 Å². The summed E-state index contributed by atoms with van der Waals surface area (Å²) in [4.78, 5) is 19.5. The molecule has 0 aliphatic carbocycles. The van der Waals surface area contributed by atoms with Gasteiger partial charge in [-0.25, -0.2) is 0 Å². The number of carboxylic acid groups (broad SMARTS) is 2. The summed E-state index contributed by atoms with van der Waals surface area (Å²) in [6.45, 7) is -0.626. The molecule has 0 aromatic rings. The summed E-state index contributed by atoms with van der Waals surface area (Å²) in [6, 6.07) is 0. The molecule has 0 atom stereocenters. The van der Waals surface area contributed by atoms with E-state index in [0.717, 1.165) is 0 Å². The van der Waals surface area contributed by atoms with Crippen molar-refractivity contribution in [2.24, 2.45) is 0 Å². The molecule has 0 bridgehead atoms. The third kappa shape index (κ3) is 17.7. The van der Waals surface area contributed by atoms with E-state index in [4.69, 9.17) is 10.2 Å². The summed E-state index contributed by atoms with van der Waals surface area (Å²) in [7, 11) is 0. The van der Waals surface area contributed by atoms with Crippen molar-refractivity contribution < 1.29 is 42.3 Å². The topological polar surface area (TPSA) is 118 Å². The van der Waals surface area contributed by atoms with Gasteiger partial charge in [0.25, 0.3) is 0 Å². The van der Waals surface area contributed by atoms with Gasteiger partial charge in [-0.3, -0.25) is 14.9 Å². The molecule has 0 aliphatic heterocycles. The molecule has 6 nitrogen and oxygen atoms in total. The van der Waals surface area contributed by atoms with Crippen molar-refractivity contribution in [3.63, 3.8) is 0 Å². The first-order chi connectivity index (χ1) is 4.13. The molecule has 0 fully saturated rings. The van der Waals surface area contributed by atoms with Crippen LogP contribution in [0.25, 0.3) is 0 Å². The zero-order valence-electron chi connectivity index (χ0n) is 5.43. The van der Waals surface area contributed by atoms with Crippen LogP contribution in [0.5, 0.6) is 0 Å². The number of hydrogen-bond acceptors (Lipinski definition) is 3. The van der Waals surface area contributed by atoms with Gasteiger partial charge in [0.05, 0.1) is 13.1 Å². The van der Waals surface area contributed by atoms with Gasteiger partial charge in [-0.2, -0.15) is 0 Å². The summed E-state index contributed by atoms with van der Waals surface area (Å²) in [5, 5.41) is 18.1. The molecule has 0 saturated carbocycles. The molecule has 0 aliphatic rings. The van der Waals surface area contributed by atoms with E-state index in [1.165, 1.54) is 0 Å². The fourth-order valence-corrected chi connectivity index (χ4v) is 0.276. The summed E-state index contributed by atoms with van der Waals surface area (Å²) in [5.74, 6) is -2.12. The Balaban J connectivity index is -0.000000320. The van der Waals surface area contributed by atoms with Gasteiger partial charge in [-0.1, -0.05) is 0 Å². The largest absolute Gasteiger partial charge is 0.480 e. The maximum atomic E-state index is 9.73. The van der Waals surface area contributed by atoms with Crippen molar-refractivity contribution >= 4 is 11.9 Å². The molecule has 0 aromatic heterocycles. The van der Waals surface area contributed by atoms with Crippen LogP contribution in [0.2, 0.25) is 0 Å².